The van der Waals surface area contributed by atoms with E-state index in [9.17, 15) is 4.79 Å². The Labute approximate surface area is 251 Å². The highest BCUT2D eigenvalue weighted by Gasteiger charge is 2.37. The van der Waals surface area contributed by atoms with Crippen molar-refractivity contribution in [1.29, 1.82) is 0 Å². The van der Waals surface area contributed by atoms with Crippen LogP contribution in [0.25, 0.3) is 10.9 Å². The quantitative estimate of drug-likeness (QED) is 0.504. The number of dihydropyridines is 1. The fourth-order valence-electron chi connectivity index (χ4n) is 6.89. The molecule has 0 saturated carbocycles. The first-order valence-electron chi connectivity index (χ1n) is 15.1. The van der Waals surface area contributed by atoms with Gasteiger partial charge in [0.15, 0.2) is 16.9 Å². The molecule has 5 aliphatic rings. The first-order valence-corrected chi connectivity index (χ1v) is 15.1. The first-order chi connectivity index (χ1) is 20.8. The highest BCUT2D eigenvalue weighted by molar-refractivity contribution is 5.91. The minimum atomic E-state index is -0.191. The summed E-state index contributed by atoms with van der Waals surface area (Å²) in [7, 11) is 1.70. The number of benzene rings is 1. The highest BCUT2D eigenvalue weighted by Crippen LogP contribution is 2.48. The molecule has 43 heavy (non-hydrogen) atoms. The van der Waals surface area contributed by atoms with Gasteiger partial charge < -0.3 is 34.6 Å². The van der Waals surface area contributed by atoms with Crippen LogP contribution in [0.1, 0.15) is 44.7 Å². The summed E-state index contributed by atoms with van der Waals surface area (Å²) in [4.78, 5) is 23.6. The fraction of sp³-hybridized carbons (Fsp3) is 0.500. The lowest BCUT2D eigenvalue weighted by Crippen LogP contribution is -2.57. The minimum absolute atomic E-state index is 0.00208. The SMILES string of the molecule is COC1C=C(CN(Cc2cn3c4c(c5c(cc4c2=O)OCO5)OCC3C)C2CCCN(C3(C)C=NC(N)=CC3)C2)C=CN1. The summed E-state index contributed by atoms with van der Waals surface area (Å²) in [5, 5.41) is 3.82. The third-order valence-corrected chi connectivity index (χ3v) is 9.41. The second-order valence-electron chi connectivity index (χ2n) is 12.4. The van der Waals surface area contributed by atoms with Gasteiger partial charge in [-0.1, -0.05) is 0 Å². The monoisotopic (exact) mass is 588 g/mol. The Morgan fingerprint density at radius 1 is 1.26 bits per heavy atom. The number of likely N-dealkylation sites (tertiary alicyclic amines) is 1. The molecule has 4 atom stereocenters. The number of hydrogen-bond donors (Lipinski definition) is 2. The van der Waals surface area contributed by atoms with Crippen molar-refractivity contribution in [2.75, 3.05) is 40.1 Å². The van der Waals surface area contributed by atoms with Crippen molar-refractivity contribution >= 4 is 17.1 Å². The number of methoxy groups -OCH3 is 1. The Bertz CT molecular complexity index is 1610. The van der Waals surface area contributed by atoms with E-state index in [2.05, 4.69) is 50.7 Å². The average Bonchev–Trinajstić information content (AvgIpc) is 3.51. The second kappa shape index (κ2) is 11.0. The maximum absolute atomic E-state index is 14.2. The molecule has 1 saturated heterocycles. The van der Waals surface area contributed by atoms with Crippen LogP contribution in [0, 0.1) is 0 Å². The van der Waals surface area contributed by atoms with Gasteiger partial charge >= 0.3 is 0 Å². The van der Waals surface area contributed by atoms with Crippen LogP contribution < -0.4 is 30.7 Å². The molecule has 228 valence electrons. The van der Waals surface area contributed by atoms with E-state index >= 15 is 0 Å². The molecule has 0 aliphatic carbocycles. The molecule has 0 amide bonds. The molecule has 7 rings (SSSR count). The van der Waals surface area contributed by atoms with Gasteiger partial charge in [-0.05, 0) is 75.7 Å². The fourth-order valence-corrected chi connectivity index (χ4v) is 6.89. The molecule has 5 aliphatic heterocycles. The predicted octanol–water partition coefficient (Wildman–Crippen LogP) is 3.00. The number of fused-ring (bicyclic) bond motifs is 2. The van der Waals surface area contributed by atoms with E-state index < -0.39 is 0 Å². The molecule has 1 aromatic heterocycles. The molecular formula is C32H40N6O5. The van der Waals surface area contributed by atoms with Gasteiger partial charge in [-0.15, -0.1) is 0 Å². The number of ether oxygens (including phenoxy) is 4. The Kier molecular flexibility index (Phi) is 7.19. The third-order valence-electron chi connectivity index (χ3n) is 9.41. The molecule has 4 unspecified atom stereocenters. The Balaban J connectivity index is 1.26. The lowest BCUT2D eigenvalue weighted by molar-refractivity contribution is 0.0579. The van der Waals surface area contributed by atoms with Gasteiger partial charge in [-0.25, -0.2) is 4.99 Å². The Morgan fingerprint density at radius 2 is 2.14 bits per heavy atom. The van der Waals surface area contributed by atoms with Crippen LogP contribution in [0.3, 0.4) is 0 Å². The molecule has 11 heteroatoms. The van der Waals surface area contributed by atoms with Crippen molar-refractivity contribution in [3.8, 4) is 17.2 Å². The van der Waals surface area contributed by atoms with Crippen molar-refractivity contribution < 1.29 is 18.9 Å². The lowest BCUT2D eigenvalue weighted by atomic mass is 9.90. The van der Waals surface area contributed by atoms with E-state index in [0.717, 1.165) is 49.0 Å². The number of aromatic nitrogens is 1. The maximum atomic E-state index is 14.2. The number of nitrogens with two attached hydrogens (primary N) is 1. The zero-order valence-electron chi connectivity index (χ0n) is 25.0. The van der Waals surface area contributed by atoms with Gasteiger partial charge in [-0.2, -0.15) is 0 Å². The maximum Gasteiger partial charge on any atom is 0.231 e. The summed E-state index contributed by atoms with van der Waals surface area (Å²) in [6.07, 6.45) is 14.9. The zero-order chi connectivity index (χ0) is 29.7. The van der Waals surface area contributed by atoms with Crippen molar-refractivity contribution in [3.05, 3.63) is 63.9 Å². The normalized spacial score (nSPS) is 28.0. The number of hydrogen-bond acceptors (Lipinski definition) is 10. The number of nitrogens with zero attached hydrogens (tertiary/aromatic N) is 4. The van der Waals surface area contributed by atoms with E-state index in [1.807, 2.05) is 30.8 Å². The zero-order valence-corrected chi connectivity index (χ0v) is 25.0. The van der Waals surface area contributed by atoms with Gasteiger partial charge in [0.1, 0.15) is 18.7 Å². The van der Waals surface area contributed by atoms with Gasteiger partial charge in [0.2, 0.25) is 12.5 Å². The van der Waals surface area contributed by atoms with Gasteiger partial charge in [0.25, 0.3) is 0 Å². The molecule has 0 bridgehead atoms. The first kappa shape index (κ1) is 28.0. The van der Waals surface area contributed by atoms with Crippen LogP contribution in [-0.4, -0.2) is 78.5 Å². The number of piperidine rings is 1. The van der Waals surface area contributed by atoms with Crippen LogP contribution in [0.15, 0.2) is 57.9 Å². The summed E-state index contributed by atoms with van der Waals surface area (Å²) in [5.41, 5.74) is 8.45. The van der Waals surface area contributed by atoms with Crippen molar-refractivity contribution in [1.82, 2.24) is 19.7 Å². The van der Waals surface area contributed by atoms with Crippen LogP contribution in [-0.2, 0) is 11.3 Å². The van der Waals surface area contributed by atoms with Gasteiger partial charge in [0, 0.05) is 50.8 Å². The molecule has 11 nitrogen and oxygen atoms in total. The Morgan fingerprint density at radius 3 is 2.95 bits per heavy atom. The molecule has 0 radical (unpaired) electrons. The largest absolute Gasteiger partial charge is 0.485 e. The van der Waals surface area contributed by atoms with Crippen LogP contribution in [0.4, 0.5) is 0 Å². The average molecular weight is 589 g/mol. The molecule has 1 aromatic carbocycles. The molecule has 2 aromatic rings. The number of aliphatic imine (C=N–C) groups is 1. The van der Waals surface area contributed by atoms with Crippen molar-refractivity contribution in [2.45, 2.75) is 63.5 Å². The summed E-state index contributed by atoms with van der Waals surface area (Å²) in [6, 6.07) is 2.12. The highest BCUT2D eigenvalue weighted by atomic mass is 16.7. The Hall–Kier alpha value is -3.80. The van der Waals surface area contributed by atoms with Crippen LogP contribution >= 0.6 is 0 Å². The van der Waals surface area contributed by atoms with E-state index in [1.54, 1.807) is 7.11 Å². The topological polar surface area (TPSA) is 116 Å². The van der Waals surface area contributed by atoms with Gasteiger partial charge in [-0.3, -0.25) is 14.6 Å². The van der Waals surface area contributed by atoms with E-state index in [-0.39, 0.29) is 36.1 Å². The van der Waals surface area contributed by atoms with E-state index in [1.165, 1.54) is 0 Å². The smallest absolute Gasteiger partial charge is 0.231 e. The van der Waals surface area contributed by atoms with E-state index in [0.29, 0.717) is 48.2 Å². The summed E-state index contributed by atoms with van der Waals surface area (Å²) < 4.78 is 25.3. The molecule has 1 fully saturated rings. The lowest BCUT2D eigenvalue weighted by Gasteiger charge is -2.47. The molecule has 0 spiro atoms. The third kappa shape index (κ3) is 5.09. The number of nitrogens with one attached hydrogen (secondary N) is 1. The van der Waals surface area contributed by atoms with Gasteiger partial charge in [0.05, 0.1) is 22.5 Å². The van der Waals surface area contributed by atoms with Crippen LogP contribution in [0.2, 0.25) is 0 Å². The molecular weight excluding hydrogens is 548 g/mol. The molecule has 3 N–H and O–H groups in total. The number of rotatable bonds is 7. The predicted molar refractivity (Wildman–Crippen MR) is 164 cm³/mol. The minimum Gasteiger partial charge on any atom is -0.485 e. The van der Waals surface area contributed by atoms with Crippen molar-refractivity contribution in [2.24, 2.45) is 10.7 Å². The second-order valence-corrected chi connectivity index (χ2v) is 12.4. The summed E-state index contributed by atoms with van der Waals surface area (Å²) >= 11 is 0. The van der Waals surface area contributed by atoms with Crippen molar-refractivity contribution in [3.63, 3.8) is 0 Å². The standard InChI is InChI=1S/C32H40N6O5/c1-20-17-41-31-28-24(12-25-30(31)43-19-42-25)29(39)22(15-38(20)28)14-36(13-21-7-9-34-27(11-21)40-3)23-5-4-10-37(16-23)32(2)8-6-26(33)35-18-32/h6-7,9,11-12,15,18,20,23,27,34H,4-5,8,10,13-14,16-17,19,33H2,1-3H3. The van der Waals surface area contributed by atoms with E-state index in [4.69, 9.17) is 24.7 Å². The number of pyridine rings is 1. The summed E-state index contributed by atoms with van der Waals surface area (Å²) in [6.45, 7) is 8.03. The van der Waals surface area contributed by atoms with Crippen LogP contribution in [0.5, 0.6) is 17.2 Å². The summed E-state index contributed by atoms with van der Waals surface area (Å²) in [5.74, 6) is 2.32. The molecule has 6 heterocycles.